The summed E-state index contributed by atoms with van der Waals surface area (Å²) in [6, 6.07) is 9.24. The molecule has 0 saturated carbocycles. The minimum absolute atomic E-state index is 0.0746. The molecule has 1 amide bonds. The minimum Gasteiger partial charge on any atom is -0.326 e. The zero-order valence-electron chi connectivity index (χ0n) is 14.6. The summed E-state index contributed by atoms with van der Waals surface area (Å²) in [5.74, 6) is -1.11. The quantitative estimate of drug-likeness (QED) is 0.851. The highest BCUT2D eigenvalue weighted by Crippen LogP contribution is 2.19. The third-order valence-electron chi connectivity index (χ3n) is 3.97. The smallest absolute Gasteiger partial charge is 0.225 e. The molecule has 0 spiro atoms. The first-order valence-electron chi connectivity index (χ1n) is 7.99. The van der Waals surface area contributed by atoms with Crippen LogP contribution in [-0.2, 0) is 20.4 Å². The number of rotatable bonds is 6. The van der Waals surface area contributed by atoms with Crippen LogP contribution in [0.15, 0.2) is 36.4 Å². The summed E-state index contributed by atoms with van der Waals surface area (Å²) in [5, 5.41) is 2.57. The maximum Gasteiger partial charge on any atom is 0.225 e. The van der Waals surface area contributed by atoms with E-state index in [0.29, 0.717) is 5.69 Å². The molecule has 2 aromatic rings. The van der Waals surface area contributed by atoms with Crippen LogP contribution in [0, 0.1) is 26.6 Å². The molecule has 0 fully saturated rings. The molecule has 0 aliphatic carbocycles. The number of hydrogen-bond acceptors (Lipinski definition) is 3. The second kappa shape index (κ2) is 7.78. The number of nitrogens with one attached hydrogen (secondary N) is 1. The Balaban J connectivity index is 1.97. The van der Waals surface area contributed by atoms with Crippen LogP contribution >= 0.6 is 0 Å². The van der Waals surface area contributed by atoms with E-state index in [0.717, 1.165) is 22.3 Å². The van der Waals surface area contributed by atoms with Gasteiger partial charge in [-0.05, 0) is 61.7 Å². The minimum atomic E-state index is -3.41. The van der Waals surface area contributed by atoms with E-state index in [1.165, 1.54) is 24.3 Å². The van der Waals surface area contributed by atoms with Crippen molar-refractivity contribution in [3.63, 3.8) is 0 Å². The molecule has 0 aliphatic rings. The van der Waals surface area contributed by atoms with Gasteiger partial charge in [0.05, 0.1) is 11.5 Å². The standard InChI is InChI=1S/C19H22FNO3S/c1-13-10-14(2)18(15(3)11-13)12-25(23,24)9-8-19(22)21-17-6-4-16(20)5-7-17/h4-7,10-11H,8-9,12H2,1-3H3,(H,21,22). The molecule has 0 unspecified atom stereocenters. The molecule has 0 atom stereocenters. The summed E-state index contributed by atoms with van der Waals surface area (Å²) < 4.78 is 37.6. The second-order valence-electron chi connectivity index (χ2n) is 6.27. The first-order chi connectivity index (χ1) is 11.7. The second-order valence-corrected chi connectivity index (χ2v) is 8.46. The first kappa shape index (κ1) is 19.1. The molecule has 25 heavy (non-hydrogen) atoms. The Hall–Kier alpha value is -2.21. The van der Waals surface area contributed by atoms with Gasteiger partial charge in [0.1, 0.15) is 5.82 Å². The van der Waals surface area contributed by atoms with Gasteiger partial charge in [-0.2, -0.15) is 0 Å². The van der Waals surface area contributed by atoms with E-state index < -0.39 is 21.6 Å². The number of anilines is 1. The summed E-state index contributed by atoms with van der Waals surface area (Å²) in [5.41, 5.74) is 4.21. The van der Waals surface area contributed by atoms with Gasteiger partial charge in [-0.15, -0.1) is 0 Å². The predicted octanol–water partition coefficient (Wildman–Crippen LogP) is 3.69. The van der Waals surface area contributed by atoms with E-state index in [-0.39, 0.29) is 17.9 Å². The molecule has 0 bridgehead atoms. The highest BCUT2D eigenvalue weighted by Gasteiger charge is 2.17. The Morgan fingerprint density at radius 3 is 2.16 bits per heavy atom. The topological polar surface area (TPSA) is 63.2 Å². The van der Waals surface area contributed by atoms with E-state index >= 15 is 0 Å². The van der Waals surface area contributed by atoms with Crippen LogP contribution in [0.1, 0.15) is 28.7 Å². The summed E-state index contributed by atoms with van der Waals surface area (Å²) in [6.45, 7) is 5.76. The lowest BCUT2D eigenvalue weighted by Gasteiger charge is -2.12. The molecule has 6 heteroatoms. The van der Waals surface area contributed by atoms with E-state index in [1.807, 2.05) is 32.9 Å². The van der Waals surface area contributed by atoms with Crippen LogP contribution in [0.4, 0.5) is 10.1 Å². The monoisotopic (exact) mass is 363 g/mol. The van der Waals surface area contributed by atoms with Crippen molar-refractivity contribution in [1.29, 1.82) is 0 Å². The third-order valence-corrected chi connectivity index (χ3v) is 5.53. The summed E-state index contributed by atoms with van der Waals surface area (Å²) in [4.78, 5) is 11.9. The van der Waals surface area contributed by atoms with E-state index in [4.69, 9.17) is 0 Å². The molecular formula is C19H22FNO3S. The number of aryl methyl sites for hydroxylation is 3. The average Bonchev–Trinajstić information content (AvgIpc) is 2.51. The molecule has 134 valence electrons. The SMILES string of the molecule is Cc1cc(C)c(CS(=O)(=O)CCC(=O)Nc2ccc(F)cc2)c(C)c1. The van der Waals surface area contributed by atoms with E-state index in [2.05, 4.69) is 5.32 Å². The molecule has 0 saturated heterocycles. The number of benzene rings is 2. The van der Waals surface area contributed by atoms with Crippen LogP contribution in [0.2, 0.25) is 0 Å². The van der Waals surface area contributed by atoms with Gasteiger partial charge < -0.3 is 5.32 Å². The summed E-state index contributed by atoms with van der Waals surface area (Å²) in [6.07, 6.45) is -0.135. The average molecular weight is 363 g/mol. The first-order valence-corrected chi connectivity index (χ1v) is 9.81. The van der Waals surface area contributed by atoms with E-state index in [1.54, 1.807) is 0 Å². The van der Waals surface area contributed by atoms with Crippen molar-refractivity contribution < 1.29 is 17.6 Å². The maximum absolute atomic E-state index is 12.8. The molecule has 0 aromatic heterocycles. The normalized spacial score (nSPS) is 11.4. The maximum atomic E-state index is 12.8. The van der Waals surface area contributed by atoms with Crippen molar-refractivity contribution in [3.8, 4) is 0 Å². The molecule has 0 aliphatic heterocycles. The molecular weight excluding hydrogens is 341 g/mol. The number of amides is 1. The van der Waals surface area contributed by atoms with Crippen molar-refractivity contribution in [1.82, 2.24) is 0 Å². The Morgan fingerprint density at radius 1 is 1.04 bits per heavy atom. The largest absolute Gasteiger partial charge is 0.326 e. The van der Waals surface area contributed by atoms with Gasteiger partial charge in [0.15, 0.2) is 9.84 Å². The Labute approximate surface area is 148 Å². The van der Waals surface area contributed by atoms with Gasteiger partial charge >= 0.3 is 0 Å². The third kappa shape index (κ3) is 5.67. The Kier molecular flexibility index (Phi) is 5.95. The fourth-order valence-electron chi connectivity index (χ4n) is 2.73. The lowest BCUT2D eigenvalue weighted by Crippen LogP contribution is -2.19. The van der Waals surface area contributed by atoms with Crippen molar-refractivity contribution >= 4 is 21.4 Å². The number of carbonyl (C=O) groups excluding carboxylic acids is 1. The summed E-state index contributed by atoms with van der Waals surface area (Å²) >= 11 is 0. The van der Waals surface area contributed by atoms with Crippen LogP contribution in [0.25, 0.3) is 0 Å². The van der Waals surface area contributed by atoms with Gasteiger partial charge in [0, 0.05) is 12.1 Å². The van der Waals surface area contributed by atoms with Crippen LogP contribution in [0.5, 0.6) is 0 Å². The predicted molar refractivity (Wildman–Crippen MR) is 97.8 cm³/mol. The number of halogens is 1. The van der Waals surface area contributed by atoms with Crippen molar-refractivity contribution in [3.05, 3.63) is 64.5 Å². The zero-order valence-corrected chi connectivity index (χ0v) is 15.4. The molecule has 1 N–H and O–H groups in total. The fraction of sp³-hybridized carbons (Fsp3) is 0.316. The molecule has 0 heterocycles. The van der Waals surface area contributed by atoms with Gasteiger partial charge in [0.2, 0.25) is 5.91 Å². The van der Waals surface area contributed by atoms with Gasteiger partial charge in [-0.3, -0.25) is 4.79 Å². The number of sulfone groups is 1. The summed E-state index contributed by atoms with van der Waals surface area (Å²) in [7, 11) is -3.41. The highest BCUT2D eigenvalue weighted by molar-refractivity contribution is 7.90. The fourth-order valence-corrected chi connectivity index (χ4v) is 4.27. The number of hydrogen-bond donors (Lipinski definition) is 1. The van der Waals surface area contributed by atoms with Crippen LogP contribution in [0.3, 0.4) is 0 Å². The van der Waals surface area contributed by atoms with Gasteiger partial charge in [-0.25, -0.2) is 12.8 Å². The lowest BCUT2D eigenvalue weighted by atomic mass is 10.0. The van der Waals surface area contributed by atoms with Gasteiger partial charge in [0.25, 0.3) is 0 Å². The Bertz CT molecular complexity index is 851. The molecule has 4 nitrogen and oxygen atoms in total. The number of carbonyl (C=O) groups is 1. The van der Waals surface area contributed by atoms with Crippen molar-refractivity contribution in [2.24, 2.45) is 0 Å². The highest BCUT2D eigenvalue weighted by atomic mass is 32.2. The van der Waals surface area contributed by atoms with Crippen LogP contribution < -0.4 is 5.32 Å². The van der Waals surface area contributed by atoms with Crippen molar-refractivity contribution in [2.45, 2.75) is 32.9 Å². The molecule has 0 radical (unpaired) electrons. The zero-order chi connectivity index (χ0) is 18.6. The van der Waals surface area contributed by atoms with E-state index in [9.17, 15) is 17.6 Å². The molecule has 2 aromatic carbocycles. The van der Waals surface area contributed by atoms with Crippen molar-refractivity contribution in [2.75, 3.05) is 11.1 Å². The lowest BCUT2D eigenvalue weighted by molar-refractivity contribution is -0.115. The molecule has 2 rings (SSSR count). The van der Waals surface area contributed by atoms with Gasteiger partial charge in [-0.1, -0.05) is 17.7 Å². The van der Waals surface area contributed by atoms with Crippen LogP contribution in [-0.4, -0.2) is 20.1 Å². The Morgan fingerprint density at radius 2 is 1.60 bits per heavy atom.